The second-order valence-electron chi connectivity index (χ2n) is 27.4. The first-order valence-electron chi connectivity index (χ1n) is 29.8. The molecule has 0 radical (unpaired) electrons. The van der Waals surface area contributed by atoms with Crippen LogP contribution in [-0.2, 0) is 31.0 Å². The Morgan fingerprint density at radius 3 is 0.884 bits per heavy atom. The largest absolute Gasteiger partial charge is 0.494 e. The van der Waals surface area contributed by atoms with E-state index in [4.69, 9.17) is 35.9 Å². The minimum absolute atomic E-state index is 0.0526. The van der Waals surface area contributed by atoms with Crippen molar-refractivity contribution in [3.05, 3.63) is 234 Å². The Labute approximate surface area is 517 Å². The van der Waals surface area contributed by atoms with E-state index in [2.05, 4.69) is 211 Å². The molecule has 0 bridgehead atoms. The van der Waals surface area contributed by atoms with E-state index < -0.39 is 0 Å². The summed E-state index contributed by atoms with van der Waals surface area (Å²) in [5, 5.41) is 0.202. The maximum absolute atomic E-state index is 6.27. The molecule has 8 nitrogen and oxygen atoms in total. The number of hydrogen-bond donors (Lipinski definition) is 0. The fourth-order valence-electron chi connectivity index (χ4n) is 9.72. The SMILES string of the molecule is CC(C)(C)c1cc(-c2cccc(-c3nc(-c4ccccc4)nc(-c4ccccc4)n3)c2)cc(C(C)(C)C)c1.CC(C)(C)c1cc(-c2cccc(B3OC(C)(C)C(C)(C)O3)c2)cc(C(C)(C)C)c1.Clc1nc(-c2ccccc2)nc(-c2ccccc2)n1. The third kappa shape index (κ3) is 15.4. The maximum Gasteiger partial charge on any atom is 0.494 e. The molecule has 11 rings (SSSR count). The van der Waals surface area contributed by atoms with Crippen LogP contribution in [-0.4, -0.2) is 48.2 Å². The zero-order valence-electron chi connectivity index (χ0n) is 53.1. The minimum Gasteiger partial charge on any atom is -0.399 e. The average Bonchev–Trinajstić information content (AvgIpc) is 1.99. The Balaban J connectivity index is 0.000000163. The zero-order chi connectivity index (χ0) is 61.8. The van der Waals surface area contributed by atoms with Gasteiger partial charge in [0.1, 0.15) is 0 Å². The van der Waals surface area contributed by atoms with Gasteiger partial charge < -0.3 is 9.31 Å². The highest BCUT2D eigenvalue weighted by atomic mass is 35.5. The number of rotatable bonds is 8. The third-order valence-corrected chi connectivity index (χ3v) is 16.1. The summed E-state index contributed by atoms with van der Waals surface area (Å²) >= 11 is 5.99. The van der Waals surface area contributed by atoms with Gasteiger partial charge in [-0.3, -0.25) is 0 Å². The molecule has 8 aromatic carbocycles. The van der Waals surface area contributed by atoms with E-state index in [0.717, 1.165) is 38.8 Å². The number of hydrogen-bond acceptors (Lipinski definition) is 8. The highest BCUT2D eigenvalue weighted by Crippen LogP contribution is 2.39. The molecule has 0 aliphatic carbocycles. The van der Waals surface area contributed by atoms with E-state index in [1.807, 2.05) is 121 Å². The summed E-state index contributed by atoms with van der Waals surface area (Å²) in [5.74, 6) is 3.18. The highest BCUT2D eigenvalue weighted by molar-refractivity contribution is 6.62. The van der Waals surface area contributed by atoms with E-state index in [1.54, 1.807) is 0 Å². The Bertz CT molecular complexity index is 3740. The van der Waals surface area contributed by atoms with Crippen molar-refractivity contribution >= 4 is 24.2 Å². The molecule has 1 aliphatic heterocycles. The van der Waals surface area contributed by atoms with Crippen LogP contribution in [0.25, 0.3) is 79.2 Å². The molecular formula is C76H82BClN6O2. The van der Waals surface area contributed by atoms with E-state index >= 15 is 0 Å². The summed E-state index contributed by atoms with van der Waals surface area (Å²) in [6.07, 6.45) is 0. The molecule has 3 heterocycles. The molecule has 1 saturated heterocycles. The maximum atomic E-state index is 6.27. The van der Waals surface area contributed by atoms with Gasteiger partial charge in [-0.1, -0.05) is 283 Å². The average molecular weight is 1160 g/mol. The lowest BCUT2D eigenvalue weighted by Crippen LogP contribution is -2.41. The normalized spacial score (nSPS) is 13.9. The Hall–Kier alpha value is -7.95. The number of nitrogens with zero attached hydrogens (tertiary/aromatic N) is 6. The molecule has 86 heavy (non-hydrogen) atoms. The Morgan fingerprint density at radius 1 is 0.291 bits per heavy atom. The van der Waals surface area contributed by atoms with Gasteiger partial charge >= 0.3 is 7.12 Å². The molecule has 1 aliphatic rings. The quantitative estimate of drug-likeness (QED) is 0.139. The van der Waals surface area contributed by atoms with Gasteiger partial charge in [0.05, 0.1) is 11.2 Å². The van der Waals surface area contributed by atoms with Crippen molar-refractivity contribution in [2.45, 2.75) is 144 Å². The van der Waals surface area contributed by atoms with Crippen molar-refractivity contribution in [2.75, 3.05) is 0 Å². The summed E-state index contributed by atoms with van der Waals surface area (Å²) in [6, 6.07) is 70.8. The first-order valence-corrected chi connectivity index (χ1v) is 30.2. The highest BCUT2D eigenvalue weighted by Gasteiger charge is 2.51. The standard InChI is InChI=1S/C35H35N3.C26H37BO2.C15H10ClN3/c1-34(2,3)29-21-28(22-30(23-29)35(4,5)6)26-18-13-19-27(20-26)33-37-31(24-14-9-7-10-15-24)36-32(38-33)25-16-11-8-12-17-25;1-23(2,3)20-14-19(15-21(17-20)24(4,5)6)18-12-11-13-22(16-18)27-28-25(7,8)26(9,10)29-27;16-15-18-13(11-7-3-1-4-8-11)17-14(19-15)12-9-5-2-6-10-12/h7-23H,1-6H3;11-17H,1-10H3;1-10H. The summed E-state index contributed by atoms with van der Waals surface area (Å²) in [5.41, 5.74) is 15.7. The smallest absolute Gasteiger partial charge is 0.399 e. The van der Waals surface area contributed by atoms with E-state index in [1.165, 1.54) is 38.9 Å². The van der Waals surface area contributed by atoms with Gasteiger partial charge in [0.2, 0.25) is 5.28 Å². The van der Waals surface area contributed by atoms with Crippen molar-refractivity contribution in [3.8, 4) is 79.2 Å². The molecule has 1 fully saturated rings. The van der Waals surface area contributed by atoms with Crippen molar-refractivity contribution in [1.82, 2.24) is 29.9 Å². The predicted octanol–water partition coefficient (Wildman–Crippen LogP) is 19.2. The van der Waals surface area contributed by atoms with Crippen LogP contribution < -0.4 is 5.46 Å². The van der Waals surface area contributed by atoms with E-state index in [-0.39, 0.29) is 45.3 Å². The fourth-order valence-corrected chi connectivity index (χ4v) is 9.88. The van der Waals surface area contributed by atoms with Crippen LogP contribution in [0.4, 0.5) is 0 Å². The van der Waals surface area contributed by atoms with Crippen LogP contribution in [0.15, 0.2) is 206 Å². The molecule has 0 saturated carbocycles. The van der Waals surface area contributed by atoms with Crippen molar-refractivity contribution in [1.29, 1.82) is 0 Å². The van der Waals surface area contributed by atoms with Gasteiger partial charge in [-0.05, 0) is 117 Å². The molecule has 0 atom stereocenters. The molecular weight excluding hydrogens is 1080 g/mol. The summed E-state index contributed by atoms with van der Waals surface area (Å²) in [7, 11) is -0.340. The van der Waals surface area contributed by atoms with E-state index in [0.29, 0.717) is 29.1 Å². The first-order chi connectivity index (χ1) is 40.5. The number of benzene rings is 8. The van der Waals surface area contributed by atoms with Gasteiger partial charge in [0.25, 0.3) is 0 Å². The van der Waals surface area contributed by atoms with Crippen LogP contribution in [0.3, 0.4) is 0 Å². The molecule has 10 heteroatoms. The topological polar surface area (TPSA) is 95.8 Å². The van der Waals surface area contributed by atoms with Crippen LogP contribution in [0.2, 0.25) is 5.28 Å². The lowest BCUT2D eigenvalue weighted by Gasteiger charge is -2.32. The van der Waals surface area contributed by atoms with Gasteiger partial charge in [-0.25, -0.2) is 19.9 Å². The molecule has 0 spiro atoms. The molecule has 10 aromatic rings. The summed E-state index contributed by atoms with van der Waals surface area (Å²) in [4.78, 5) is 27.5. The number of halogens is 1. The first kappa shape index (κ1) is 62.6. The lowest BCUT2D eigenvalue weighted by molar-refractivity contribution is 0.00578. The Kier molecular flexibility index (Phi) is 18.3. The predicted molar refractivity (Wildman–Crippen MR) is 360 cm³/mol. The third-order valence-electron chi connectivity index (χ3n) is 15.9. The zero-order valence-corrected chi connectivity index (χ0v) is 53.8. The van der Waals surface area contributed by atoms with Gasteiger partial charge in [0, 0.05) is 27.8 Å². The van der Waals surface area contributed by atoms with Crippen molar-refractivity contribution < 1.29 is 9.31 Å². The summed E-state index contributed by atoms with van der Waals surface area (Å²) < 4.78 is 12.5. The second-order valence-corrected chi connectivity index (χ2v) is 27.8. The fraction of sp³-hybridized carbons (Fsp3) is 0.289. The molecule has 0 N–H and O–H groups in total. The minimum atomic E-state index is -0.340. The lowest BCUT2D eigenvalue weighted by atomic mass is 9.76. The molecule has 438 valence electrons. The van der Waals surface area contributed by atoms with Crippen LogP contribution >= 0.6 is 11.6 Å². The Morgan fingerprint density at radius 2 is 0.558 bits per heavy atom. The van der Waals surface area contributed by atoms with Crippen molar-refractivity contribution in [2.24, 2.45) is 0 Å². The monoisotopic (exact) mass is 1160 g/mol. The summed E-state index contributed by atoms with van der Waals surface area (Å²) in [6.45, 7) is 35.7. The van der Waals surface area contributed by atoms with Gasteiger partial charge in [-0.15, -0.1) is 0 Å². The van der Waals surface area contributed by atoms with Crippen LogP contribution in [0.5, 0.6) is 0 Å². The van der Waals surface area contributed by atoms with E-state index in [9.17, 15) is 0 Å². The van der Waals surface area contributed by atoms with Gasteiger partial charge in [-0.2, -0.15) is 9.97 Å². The van der Waals surface area contributed by atoms with Crippen LogP contribution in [0.1, 0.15) is 133 Å². The number of aromatic nitrogens is 6. The second kappa shape index (κ2) is 25.2. The van der Waals surface area contributed by atoms with Gasteiger partial charge in [0.15, 0.2) is 29.1 Å². The van der Waals surface area contributed by atoms with Crippen LogP contribution in [0, 0.1) is 0 Å². The van der Waals surface area contributed by atoms with Crippen molar-refractivity contribution in [3.63, 3.8) is 0 Å². The molecule has 2 aromatic heterocycles. The molecule has 0 unspecified atom stereocenters. The molecule has 0 amide bonds.